The van der Waals surface area contributed by atoms with E-state index in [9.17, 15) is 4.79 Å². The van der Waals surface area contributed by atoms with E-state index in [-0.39, 0.29) is 5.91 Å². The van der Waals surface area contributed by atoms with Crippen molar-refractivity contribution < 1.29 is 9.21 Å². The molecule has 0 radical (unpaired) electrons. The van der Waals surface area contributed by atoms with Crippen molar-refractivity contribution >= 4 is 62.6 Å². The molecule has 0 unspecified atom stereocenters. The van der Waals surface area contributed by atoms with Crippen LogP contribution in [0.4, 0.5) is 5.69 Å². The predicted molar refractivity (Wildman–Crippen MR) is 109 cm³/mol. The zero-order chi connectivity index (χ0) is 17.6. The number of thioether (sulfide) groups is 2. The van der Waals surface area contributed by atoms with Gasteiger partial charge in [-0.2, -0.15) is 0 Å². The lowest BCUT2D eigenvalue weighted by molar-refractivity contribution is -0.122. The van der Waals surface area contributed by atoms with Gasteiger partial charge in [-0.05, 0) is 44.2 Å². The Balaban J connectivity index is 1.69. The van der Waals surface area contributed by atoms with E-state index in [1.165, 1.54) is 22.3 Å². The van der Waals surface area contributed by atoms with Gasteiger partial charge in [0.05, 0.1) is 21.9 Å². The number of carbonyl (C=O) groups excluding carboxylic acids is 1. The summed E-state index contributed by atoms with van der Waals surface area (Å²) in [6.45, 7) is 5.53. The summed E-state index contributed by atoms with van der Waals surface area (Å²) in [5.41, 5.74) is 2.08. The fourth-order valence-corrected chi connectivity index (χ4v) is 5.56. The topological polar surface area (TPSA) is 36.7 Å². The van der Waals surface area contributed by atoms with Crippen LogP contribution in [-0.2, 0) is 4.79 Å². The van der Waals surface area contributed by atoms with E-state index in [2.05, 4.69) is 17.9 Å². The Bertz CT molecular complexity index is 945. The minimum absolute atomic E-state index is 0.00451. The van der Waals surface area contributed by atoms with Gasteiger partial charge < -0.3 is 9.32 Å². The Kier molecular flexibility index (Phi) is 4.39. The van der Waals surface area contributed by atoms with Gasteiger partial charge in [0.15, 0.2) is 0 Å². The molecule has 25 heavy (non-hydrogen) atoms. The van der Waals surface area contributed by atoms with E-state index >= 15 is 0 Å². The lowest BCUT2D eigenvalue weighted by Gasteiger charge is -2.17. The van der Waals surface area contributed by atoms with Gasteiger partial charge in [0.25, 0.3) is 5.91 Å². The standard InChI is InChI=1S/C18H16N2O2S3/c1-3-19-12-5-6-13-11(9-10-22-13)16(12)25-15(19)8-7-14-17(21)20(4-2)18(23)24-14/h5-10H,3-4H2,1-2H3/b14-7-,15-8+. The number of hydrogen-bond acceptors (Lipinski definition) is 6. The number of amides is 1. The second kappa shape index (κ2) is 6.55. The van der Waals surface area contributed by atoms with Crippen molar-refractivity contribution in [2.24, 2.45) is 0 Å². The Labute approximate surface area is 159 Å². The molecule has 128 valence electrons. The Morgan fingerprint density at radius 2 is 1.92 bits per heavy atom. The first-order chi connectivity index (χ1) is 12.1. The largest absolute Gasteiger partial charge is 0.464 e. The van der Waals surface area contributed by atoms with Gasteiger partial charge in [-0.15, -0.1) is 0 Å². The van der Waals surface area contributed by atoms with Gasteiger partial charge in [-0.1, -0.05) is 35.7 Å². The van der Waals surface area contributed by atoms with Crippen molar-refractivity contribution in [3.05, 3.63) is 46.5 Å². The summed E-state index contributed by atoms with van der Waals surface area (Å²) >= 11 is 8.35. The van der Waals surface area contributed by atoms with Crippen LogP contribution in [0.5, 0.6) is 0 Å². The van der Waals surface area contributed by atoms with Gasteiger partial charge in [-0.3, -0.25) is 9.69 Å². The zero-order valence-electron chi connectivity index (χ0n) is 13.8. The average Bonchev–Trinajstić information content (AvgIpc) is 3.27. The molecule has 0 saturated carbocycles. The second-order valence-corrected chi connectivity index (χ2v) is 8.25. The molecule has 1 amide bonds. The number of carbonyl (C=O) groups is 1. The molecule has 1 aromatic heterocycles. The van der Waals surface area contributed by atoms with Gasteiger partial charge in [0.1, 0.15) is 9.90 Å². The molecule has 3 heterocycles. The fourth-order valence-electron chi connectivity index (χ4n) is 2.99. The summed E-state index contributed by atoms with van der Waals surface area (Å²) in [5, 5.41) is 2.23. The molecule has 1 saturated heterocycles. The minimum Gasteiger partial charge on any atom is -0.464 e. The number of likely N-dealkylation sites (N-methyl/N-ethyl adjacent to an activating group) is 1. The Morgan fingerprint density at radius 3 is 2.64 bits per heavy atom. The summed E-state index contributed by atoms with van der Waals surface area (Å²) < 4.78 is 6.14. The molecule has 0 atom stereocenters. The zero-order valence-corrected chi connectivity index (χ0v) is 16.3. The Morgan fingerprint density at radius 1 is 1.12 bits per heavy atom. The van der Waals surface area contributed by atoms with Crippen LogP contribution in [-0.4, -0.2) is 28.2 Å². The van der Waals surface area contributed by atoms with Crippen LogP contribution in [0.3, 0.4) is 0 Å². The van der Waals surface area contributed by atoms with Crippen molar-refractivity contribution in [3.8, 4) is 0 Å². The molecular formula is C18H16N2O2S3. The maximum atomic E-state index is 12.3. The molecule has 0 aliphatic carbocycles. The lowest BCUT2D eigenvalue weighted by atomic mass is 10.2. The molecule has 4 nitrogen and oxygen atoms in total. The summed E-state index contributed by atoms with van der Waals surface area (Å²) in [6, 6.07) is 6.10. The van der Waals surface area contributed by atoms with Crippen molar-refractivity contribution in [1.82, 2.24) is 4.90 Å². The third-order valence-corrected chi connectivity index (χ3v) is 6.81. The molecule has 0 N–H and O–H groups in total. The third kappa shape index (κ3) is 2.70. The Hall–Kier alpha value is -1.70. The first kappa shape index (κ1) is 16.8. The number of benzene rings is 1. The SMILES string of the molecule is CCN1C(=O)/C(=C/C=C2/Sc3c(ccc4occc34)N2CC)SC1=S. The highest BCUT2D eigenvalue weighted by molar-refractivity contribution is 8.26. The highest BCUT2D eigenvalue weighted by Gasteiger charge is 2.31. The van der Waals surface area contributed by atoms with Gasteiger partial charge in [-0.25, -0.2) is 0 Å². The number of allylic oxidation sites excluding steroid dienone is 2. The molecule has 4 rings (SSSR count). The maximum absolute atomic E-state index is 12.3. The number of fused-ring (bicyclic) bond motifs is 3. The lowest BCUT2D eigenvalue weighted by Crippen LogP contribution is -2.27. The van der Waals surface area contributed by atoms with E-state index < -0.39 is 0 Å². The highest BCUT2D eigenvalue weighted by Crippen LogP contribution is 2.49. The van der Waals surface area contributed by atoms with E-state index in [0.717, 1.165) is 22.5 Å². The summed E-state index contributed by atoms with van der Waals surface area (Å²) in [7, 11) is 0. The van der Waals surface area contributed by atoms with E-state index in [0.29, 0.717) is 15.8 Å². The molecule has 0 spiro atoms. The van der Waals surface area contributed by atoms with Crippen LogP contribution in [0, 0.1) is 0 Å². The molecule has 2 aliphatic rings. The van der Waals surface area contributed by atoms with Gasteiger partial charge in [0, 0.05) is 23.4 Å². The number of anilines is 1. The van der Waals surface area contributed by atoms with E-state index in [1.807, 2.05) is 31.2 Å². The molecule has 2 aliphatic heterocycles. The van der Waals surface area contributed by atoms with Crippen LogP contribution in [0.15, 0.2) is 55.9 Å². The number of hydrogen-bond donors (Lipinski definition) is 0. The quantitative estimate of drug-likeness (QED) is 0.546. The smallest absolute Gasteiger partial charge is 0.266 e. The summed E-state index contributed by atoms with van der Waals surface area (Å²) in [5.74, 6) is -0.00451. The average molecular weight is 389 g/mol. The van der Waals surface area contributed by atoms with Crippen molar-refractivity contribution in [1.29, 1.82) is 0 Å². The van der Waals surface area contributed by atoms with Crippen LogP contribution < -0.4 is 4.90 Å². The van der Waals surface area contributed by atoms with Crippen molar-refractivity contribution in [3.63, 3.8) is 0 Å². The van der Waals surface area contributed by atoms with Crippen LogP contribution >= 0.6 is 35.7 Å². The van der Waals surface area contributed by atoms with Crippen molar-refractivity contribution in [2.75, 3.05) is 18.0 Å². The molecule has 2 aromatic rings. The van der Waals surface area contributed by atoms with E-state index in [1.54, 1.807) is 22.9 Å². The molecule has 7 heteroatoms. The number of thiocarbonyl (C=S) groups is 1. The maximum Gasteiger partial charge on any atom is 0.266 e. The van der Waals surface area contributed by atoms with Crippen molar-refractivity contribution in [2.45, 2.75) is 18.7 Å². The number of furan rings is 1. The predicted octanol–water partition coefficient (Wildman–Crippen LogP) is 4.97. The number of rotatable bonds is 3. The molecule has 0 bridgehead atoms. The monoisotopic (exact) mass is 388 g/mol. The molecule has 1 aromatic carbocycles. The first-order valence-corrected chi connectivity index (χ1v) is 10.1. The van der Waals surface area contributed by atoms with Crippen LogP contribution in [0.25, 0.3) is 11.0 Å². The normalized spacial score (nSPS) is 20.6. The highest BCUT2D eigenvalue weighted by atomic mass is 32.2. The summed E-state index contributed by atoms with van der Waals surface area (Å²) in [6.07, 6.45) is 5.63. The summed E-state index contributed by atoms with van der Waals surface area (Å²) in [4.78, 5) is 18.1. The second-order valence-electron chi connectivity index (χ2n) is 5.55. The molecular weight excluding hydrogens is 372 g/mol. The van der Waals surface area contributed by atoms with Gasteiger partial charge in [0.2, 0.25) is 0 Å². The minimum atomic E-state index is -0.00451. The number of nitrogens with zero attached hydrogens (tertiary/aromatic N) is 2. The van der Waals surface area contributed by atoms with Crippen LogP contribution in [0.2, 0.25) is 0 Å². The van der Waals surface area contributed by atoms with Gasteiger partial charge >= 0.3 is 0 Å². The third-order valence-electron chi connectivity index (χ3n) is 4.21. The van der Waals surface area contributed by atoms with Crippen LogP contribution in [0.1, 0.15) is 13.8 Å². The first-order valence-electron chi connectivity index (χ1n) is 8.05. The van der Waals surface area contributed by atoms with E-state index in [4.69, 9.17) is 16.6 Å². The fraction of sp³-hybridized carbons (Fsp3) is 0.222. The molecule has 1 fully saturated rings.